The van der Waals surface area contributed by atoms with E-state index in [4.69, 9.17) is 0 Å². The van der Waals surface area contributed by atoms with Gasteiger partial charge in [0.2, 0.25) is 0 Å². The monoisotopic (exact) mass is 260 g/mol. The second-order valence-corrected chi connectivity index (χ2v) is 9.55. The molecule has 0 fully saturated rings. The Morgan fingerprint density at radius 1 is 1.00 bits per heavy atom. The number of aryl methyl sites for hydroxylation is 1. The summed E-state index contributed by atoms with van der Waals surface area (Å²) >= 11 is 0. The summed E-state index contributed by atoms with van der Waals surface area (Å²) in [5, 5.41) is 1.72. The highest BCUT2D eigenvalue weighted by Gasteiger charge is 1.94. The van der Waals surface area contributed by atoms with Gasteiger partial charge in [0.25, 0.3) is 0 Å². The minimum absolute atomic E-state index is 1.15. The minimum atomic E-state index is 1.15. The first kappa shape index (κ1) is 13.7. The minimum Gasteiger partial charge on any atom is -0.0816 e. The Hall–Kier alpha value is 0.640. The van der Waals surface area contributed by atoms with Crippen LogP contribution in [0.4, 0.5) is 0 Å². The zero-order valence-electron chi connectivity index (χ0n) is 9.84. The first-order chi connectivity index (χ1) is 7.43. The van der Waals surface area contributed by atoms with Crippen molar-refractivity contribution in [3.8, 4) is 0 Å². The van der Waals surface area contributed by atoms with Crippen LogP contribution in [0.5, 0.6) is 0 Å². The van der Waals surface area contributed by atoms with Crippen molar-refractivity contribution in [2.45, 2.75) is 64.7 Å². The van der Waals surface area contributed by atoms with E-state index in [1.807, 2.05) is 0 Å². The Balaban J connectivity index is 1.81. The summed E-state index contributed by atoms with van der Waals surface area (Å²) in [5.74, 6) is 2.45. The molecule has 0 N–H and O–H groups in total. The van der Waals surface area contributed by atoms with Crippen molar-refractivity contribution in [3.63, 3.8) is 0 Å². The van der Waals surface area contributed by atoms with Crippen molar-refractivity contribution in [2.24, 2.45) is 0 Å². The molecular weight excluding hydrogens is 237 g/mol. The maximum Gasteiger partial charge on any atom is -0.0118 e. The molecule has 1 aromatic heterocycles. The molecule has 1 unspecified atom stereocenters. The molecule has 0 radical (unpaired) electrons. The zero-order valence-corrected chi connectivity index (χ0v) is 12.6. The van der Waals surface area contributed by atoms with Gasteiger partial charge < -0.3 is 0 Å². The highest BCUT2D eigenvalue weighted by Crippen LogP contribution is 2.37. The van der Waals surface area contributed by atoms with Gasteiger partial charge in [-0.05, 0) is 31.8 Å². The largest absolute Gasteiger partial charge is 0.0816 e. The van der Waals surface area contributed by atoms with E-state index >= 15 is 0 Å². The van der Waals surface area contributed by atoms with Gasteiger partial charge in [0.15, 0.2) is 0 Å². The average molecular weight is 260 g/mol. The lowest BCUT2D eigenvalue weighted by Gasteiger charge is -2.00. The van der Waals surface area contributed by atoms with Crippen LogP contribution in [-0.4, -0.2) is 0 Å². The predicted octanol–water partition coefficient (Wildman–Crippen LogP) is 6.56. The predicted molar refractivity (Wildman–Crippen MR) is 77.3 cm³/mol. The van der Waals surface area contributed by atoms with Gasteiger partial charge in [0, 0.05) is 0 Å². The molecule has 1 heterocycles. The fourth-order valence-corrected chi connectivity index (χ4v) is 7.56. The molecule has 0 aliphatic heterocycles. The molecule has 86 valence electrons. The molecule has 1 rings (SSSR count). The lowest BCUT2D eigenvalue weighted by atomic mass is 10.1. The van der Waals surface area contributed by atoms with Gasteiger partial charge >= 0.3 is 0 Å². The fraction of sp³-hybridized carbons (Fsp3) is 0.833. The molecule has 3 heteroatoms. The third-order valence-corrected chi connectivity index (χ3v) is 8.09. The molecule has 0 amide bonds. The van der Waals surface area contributed by atoms with Crippen LogP contribution in [0.1, 0.15) is 63.6 Å². The molecule has 1 aromatic rings. The van der Waals surface area contributed by atoms with Crippen molar-refractivity contribution in [1.29, 1.82) is 0 Å². The van der Waals surface area contributed by atoms with Gasteiger partial charge in [0.05, 0.1) is 0 Å². The molecule has 0 nitrogen and oxygen atoms in total. The Kier molecular flexibility index (Phi) is 8.99. The number of hydrogen-bond acceptors (Lipinski definition) is 0. The number of unbranched alkanes of at least 4 members (excludes halogenated alkanes) is 7. The number of hydrogen-bond donors (Lipinski definition) is 0. The summed E-state index contributed by atoms with van der Waals surface area (Å²) in [5.41, 5.74) is 0. The van der Waals surface area contributed by atoms with Crippen molar-refractivity contribution in [3.05, 3.63) is 11.1 Å². The Labute approximate surface area is 99.3 Å². The molecule has 0 saturated heterocycles. The van der Waals surface area contributed by atoms with E-state index in [9.17, 15) is 0 Å². The van der Waals surface area contributed by atoms with Crippen LogP contribution in [0.3, 0.4) is 0 Å². The van der Waals surface area contributed by atoms with Crippen LogP contribution >= 0.6 is 23.3 Å². The highest BCUT2D eigenvalue weighted by atomic mass is 32.1. The van der Waals surface area contributed by atoms with Gasteiger partial charge in [-0.25, -0.2) is 0 Å². The van der Waals surface area contributed by atoms with E-state index in [1.165, 1.54) is 57.8 Å². The second-order valence-electron chi connectivity index (χ2n) is 4.19. The van der Waals surface area contributed by atoms with Gasteiger partial charge in [0.1, 0.15) is 0 Å². The van der Waals surface area contributed by atoms with Gasteiger partial charge in [-0.15, -0.1) is 0 Å². The van der Waals surface area contributed by atoms with Crippen molar-refractivity contribution >= 4 is 23.3 Å². The molecule has 0 aliphatic carbocycles. The molecule has 0 aliphatic rings. The van der Waals surface area contributed by atoms with E-state index in [1.54, 1.807) is 21.0 Å². The quantitative estimate of drug-likeness (QED) is 0.441. The van der Waals surface area contributed by atoms with Crippen LogP contribution in [0.15, 0.2) is 5.80 Å². The summed E-state index contributed by atoms with van der Waals surface area (Å²) in [7, 11) is 4.38. The first-order valence-electron chi connectivity index (χ1n) is 6.28. The van der Waals surface area contributed by atoms with Crippen LogP contribution in [-0.2, 0) is 6.42 Å². The Morgan fingerprint density at radius 3 is 2.27 bits per heavy atom. The summed E-state index contributed by atoms with van der Waals surface area (Å²) in [6.07, 6.45) is 12.9. The van der Waals surface area contributed by atoms with Crippen molar-refractivity contribution in [2.75, 3.05) is 0 Å². The zero-order chi connectivity index (χ0) is 10.8. The fourth-order valence-electron chi connectivity index (χ4n) is 1.79. The molecular formula is C12H23P3. The lowest BCUT2D eigenvalue weighted by Crippen LogP contribution is -1.82. The normalized spacial score (nSPS) is 12.3. The van der Waals surface area contributed by atoms with E-state index < -0.39 is 0 Å². The van der Waals surface area contributed by atoms with E-state index in [0.29, 0.717) is 0 Å². The summed E-state index contributed by atoms with van der Waals surface area (Å²) in [6.45, 7) is 2.29. The van der Waals surface area contributed by atoms with Gasteiger partial charge in [-0.3, -0.25) is 0 Å². The smallest absolute Gasteiger partial charge is 0.0118 e. The van der Waals surface area contributed by atoms with Crippen molar-refractivity contribution < 1.29 is 0 Å². The Bertz CT molecular complexity index is 219. The highest BCUT2D eigenvalue weighted by molar-refractivity contribution is 8.17. The summed E-state index contributed by atoms with van der Waals surface area (Å²) in [4.78, 5) is 0. The van der Waals surface area contributed by atoms with Crippen molar-refractivity contribution in [1.82, 2.24) is 0 Å². The lowest BCUT2D eigenvalue weighted by molar-refractivity contribution is 0.576. The summed E-state index contributed by atoms with van der Waals surface area (Å²) in [6, 6.07) is 0. The topological polar surface area (TPSA) is 0 Å². The second kappa shape index (κ2) is 9.84. The van der Waals surface area contributed by atoms with Crippen LogP contribution in [0.25, 0.3) is 0 Å². The molecule has 0 aromatic carbocycles. The van der Waals surface area contributed by atoms with E-state index in [0.717, 1.165) is 7.55 Å². The third kappa shape index (κ3) is 7.52. The van der Waals surface area contributed by atoms with Crippen LogP contribution < -0.4 is 0 Å². The molecule has 1 atom stereocenters. The van der Waals surface area contributed by atoms with Crippen LogP contribution in [0.2, 0.25) is 0 Å². The first-order valence-corrected chi connectivity index (χ1v) is 10.8. The SMILES string of the molecule is CCCCCCCCCCc1cp[pH]p1. The maximum atomic E-state index is 2.45. The van der Waals surface area contributed by atoms with E-state index in [-0.39, 0.29) is 0 Å². The van der Waals surface area contributed by atoms with Crippen LogP contribution in [0, 0.1) is 0 Å². The maximum absolute atomic E-state index is 2.45. The third-order valence-electron chi connectivity index (χ3n) is 2.75. The standard InChI is InChI=1S/C12H23P3/c1-2-3-4-5-6-7-8-9-10-12-11-13-15-14-12/h11,15H,2-10H2,1H3. The molecule has 0 saturated carbocycles. The molecule has 0 spiro atoms. The molecule has 0 bridgehead atoms. The average Bonchev–Trinajstić information content (AvgIpc) is 2.75. The number of rotatable bonds is 9. The molecule has 15 heavy (non-hydrogen) atoms. The van der Waals surface area contributed by atoms with E-state index in [2.05, 4.69) is 12.7 Å². The summed E-state index contributed by atoms with van der Waals surface area (Å²) < 4.78 is 0. The Morgan fingerprint density at radius 2 is 1.67 bits per heavy atom. The van der Waals surface area contributed by atoms with Gasteiger partial charge in [-0.2, -0.15) is 0 Å². The van der Waals surface area contributed by atoms with Gasteiger partial charge in [-0.1, -0.05) is 67.3 Å².